The maximum atomic E-state index is 14.6. The second-order valence-corrected chi connectivity index (χ2v) is 11.6. The van der Waals surface area contributed by atoms with Gasteiger partial charge in [-0.05, 0) is 51.2 Å². The fourth-order valence-electron chi connectivity index (χ4n) is 6.61. The Morgan fingerprint density at radius 3 is 2.60 bits per heavy atom. The number of ether oxygens (including phenoxy) is 1. The molecule has 35 heavy (non-hydrogen) atoms. The first-order valence-electron chi connectivity index (χ1n) is 12.4. The highest BCUT2D eigenvalue weighted by molar-refractivity contribution is 8.02. The maximum absolute atomic E-state index is 14.6. The lowest BCUT2D eigenvalue weighted by Crippen LogP contribution is -2.59. The lowest BCUT2D eigenvalue weighted by atomic mass is 9.66. The van der Waals surface area contributed by atoms with E-state index in [1.807, 2.05) is 32.0 Å². The number of hydrogen-bond donors (Lipinski definition) is 1. The third kappa shape index (κ3) is 3.71. The average molecular weight is 501 g/mol. The molecule has 1 aromatic rings. The van der Waals surface area contributed by atoms with Crippen molar-refractivity contribution >= 4 is 35.2 Å². The predicted molar refractivity (Wildman–Crippen MR) is 137 cm³/mol. The SMILES string of the molecule is C=CCN(C(=O)C1N([C@H](C)CO)C(=O)[C@@H]2[C@@H](C(=O)OCC)[C@H]3CC(C)C12S3)c1c(C)cccc1C. The third-order valence-corrected chi connectivity index (χ3v) is 10.1. The van der Waals surface area contributed by atoms with Crippen molar-refractivity contribution < 1.29 is 24.2 Å². The number of esters is 1. The number of carbonyl (C=O) groups is 3. The van der Waals surface area contributed by atoms with Crippen molar-refractivity contribution in [1.29, 1.82) is 0 Å². The Morgan fingerprint density at radius 2 is 2.03 bits per heavy atom. The minimum atomic E-state index is -0.800. The van der Waals surface area contributed by atoms with Crippen LogP contribution in [0.1, 0.15) is 38.3 Å². The summed E-state index contributed by atoms with van der Waals surface area (Å²) in [5, 5.41) is 10.0. The van der Waals surface area contributed by atoms with Gasteiger partial charge in [0.15, 0.2) is 0 Å². The van der Waals surface area contributed by atoms with Crippen LogP contribution < -0.4 is 4.90 Å². The normalized spacial score (nSPS) is 31.9. The second-order valence-electron chi connectivity index (χ2n) is 10.1. The summed E-state index contributed by atoms with van der Waals surface area (Å²) in [6.45, 7) is 13.7. The standard InChI is InChI=1S/C27H36N2O5S/c1-7-12-28(22-15(3)10-9-11-16(22)4)25(32)23-27-17(5)13-19(35-27)20(26(33)34-8-2)21(27)24(31)29(23)18(6)14-30/h7,9-11,17-21,23,30H,1,8,12-14H2,2-6H3/t17?,18-,19-,20+,21+,23?,27?/m1/s1. The number of thioether (sulfide) groups is 1. The quantitative estimate of drug-likeness (QED) is 0.436. The first-order valence-corrected chi connectivity index (χ1v) is 13.3. The van der Waals surface area contributed by atoms with Gasteiger partial charge in [0.25, 0.3) is 5.91 Å². The highest BCUT2D eigenvalue weighted by Crippen LogP contribution is 2.69. The predicted octanol–water partition coefficient (Wildman–Crippen LogP) is 3.10. The Morgan fingerprint density at radius 1 is 1.37 bits per heavy atom. The molecule has 3 aliphatic rings. The van der Waals surface area contributed by atoms with Crippen molar-refractivity contribution in [2.24, 2.45) is 17.8 Å². The lowest BCUT2D eigenvalue weighted by Gasteiger charge is -2.42. The van der Waals surface area contributed by atoms with Gasteiger partial charge in [0.1, 0.15) is 6.04 Å². The van der Waals surface area contributed by atoms with Crippen LogP contribution in [0.4, 0.5) is 5.69 Å². The van der Waals surface area contributed by atoms with Crippen molar-refractivity contribution in [2.45, 2.75) is 63.1 Å². The summed E-state index contributed by atoms with van der Waals surface area (Å²) < 4.78 is 4.64. The summed E-state index contributed by atoms with van der Waals surface area (Å²) in [6, 6.07) is 4.53. The van der Waals surface area contributed by atoms with Gasteiger partial charge in [-0.25, -0.2) is 0 Å². The number of likely N-dealkylation sites (tertiary alicyclic amines) is 1. The van der Waals surface area contributed by atoms with E-state index in [0.29, 0.717) is 6.54 Å². The molecule has 7 nitrogen and oxygen atoms in total. The van der Waals surface area contributed by atoms with Crippen LogP contribution in [0.3, 0.4) is 0 Å². The summed E-state index contributed by atoms with van der Waals surface area (Å²) in [4.78, 5) is 44.9. The van der Waals surface area contributed by atoms with Crippen molar-refractivity contribution in [1.82, 2.24) is 4.90 Å². The van der Waals surface area contributed by atoms with Crippen LogP contribution in [-0.2, 0) is 19.1 Å². The van der Waals surface area contributed by atoms with E-state index in [1.165, 1.54) is 0 Å². The molecule has 2 amide bonds. The molecule has 3 heterocycles. The Bertz CT molecular complexity index is 1020. The van der Waals surface area contributed by atoms with Crippen LogP contribution in [0.2, 0.25) is 0 Å². The molecule has 3 saturated heterocycles. The number of rotatable bonds is 8. The van der Waals surface area contributed by atoms with Crippen LogP contribution in [0, 0.1) is 31.6 Å². The number of carbonyl (C=O) groups excluding carboxylic acids is 3. The van der Waals surface area contributed by atoms with Crippen molar-refractivity contribution in [3.8, 4) is 0 Å². The molecular weight excluding hydrogens is 464 g/mol. The molecule has 7 atom stereocenters. The van der Waals surface area contributed by atoms with E-state index in [0.717, 1.165) is 23.2 Å². The molecule has 4 rings (SSSR count). The number of hydrogen-bond acceptors (Lipinski definition) is 6. The molecule has 1 N–H and O–H groups in total. The monoisotopic (exact) mass is 500 g/mol. The summed E-state index contributed by atoms with van der Waals surface area (Å²) in [6.07, 6.45) is 2.44. The van der Waals surface area contributed by atoms with Crippen molar-refractivity contribution in [3.63, 3.8) is 0 Å². The molecule has 1 spiro atoms. The lowest BCUT2D eigenvalue weighted by molar-refractivity contribution is -0.154. The number of benzene rings is 1. The Kier molecular flexibility index (Phi) is 7.08. The minimum Gasteiger partial charge on any atom is -0.466 e. The Labute approximate surface area is 211 Å². The van der Waals surface area contributed by atoms with Gasteiger partial charge in [-0.2, -0.15) is 0 Å². The third-order valence-electron chi connectivity index (χ3n) is 8.00. The molecule has 0 radical (unpaired) electrons. The molecule has 8 heteroatoms. The maximum Gasteiger partial charge on any atom is 0.310 e. The number of amides is 2. The first kappa shape index (κ1) is 25.8. The zero-order valence-corrected chi connectivity index (χ0v) is 22.0. The molecule has 1 aromatic carbocycles. The number of para-hydroxylation sites is 1. The van der Waals surface area contributed by atoms with Gasteiger partial charge in [-0.3, -0.25) is 14.4 Å². The number of aryl methyl sites for hydroxylation is 2. The number of anilines is 1. The van der Waals surface area contributed by atoms with Gasteiger partial charge in [0.05, 0.1) is 35.8 Å². The van der Waals surface area contributed by atoms with E-state index in [-0.39, 0.29) is 42.2 Å². The van der Waals surface area contributed by atoms with Gasteiger partial charge in [0.2, 0.25) is 5.91 Å². The first-order chi connectivity index (χ1) is 16.6. The summed E-state index contributed by atoms with van der Waals surface area (Å²) in [7, 11) is 0. The molecule has 190 valence electrons. The Balaban J connectivity index is 1.87. The van der Waals surface area contributed by atoms with Gasteiger partial charge < -0.3 is 19.6 Å². The van der Waals surface area contributed by atoms with Crippen molar-refractivity contribution in [3.05, 3.63) is 42.0 Å². The van der Waals surface area contributed by atoms with Crippen LogP contribution in [-0.4, -0.2) is 69.6 Å². The molecular formula is C27H36N2O5S. The summed E-state index contributed by atoms with van der Waals surface area (Å²) in [5.74, 6) is -1.97. The molecule has 0 aromatic heterocycles. The summed E-state index contributed by atoms with van der Waals surface area (Å²) in [5.41, 5.74) is 2.73. The van der Waals surface area contributed by atoms with Crippen LogP contribution in [0.25, 0.3) is 0 Å². The highest BCUT2D eigenvalue weighted by atomic mass is 32.2. The van der Waals surface area contributed by atoms with Gasteiger partial charge in [-0.15, -0.1) is 18.3 Å². The van der Waals surface area contributed by atoms with E-state index in [4.69, 9.17) is 4.74 Å². The van der Waals surface area contributed by atoms with Crippen LogP contribution in [0.5, 0.6) is 0 Å². The van der Waals surface area contributed by atoms with E-state index in [2.05, 4.69) is 13.5 Å². The average Bonchev–Trinajstić information content (AvgIpc) is 3.41. The molecule has 2 bridgehead atoms. The second kappa shape index (κ2) is 9.62. The van der Waals surface area contributed by atoms with Crippen molar-refractivity contribution in [2.75, 3.05) is 24.7 Å². The van der Waals surface area contributed by atoms with Gasteiger partial charge >= 0.3 is 5.97 Å². The van der Waals surface area contributed by atoms with E-state index in [9.17, 15) is 19.5 Å². The van der Waals surface area contributed by atoms with Gasteiger partial charge in [-0.1, -0.05) is 31.2 Å². The molecule has 3 unspecified atom stereocenters. The highest BCUT2D eigenvalue weighted by Gasteiger charge is 2.77. The van der Waals surface area contributed by atoms with E-state index in [1.54, 1.807) is 41.5 Å². The smallest absolute Gasteiger partial charge is 0.310 e. The number of fused-ring (bicyclic) bond motifs is 1. The van der Waals surface area contributed by atoms with Gasteiger partial charge in [0, 0.05) is 17.5 Å². The molecule has 0 aliphatic carbocycles. The molecule has 3 aliphatic heterocycles. The van der Waals surface area contributed by atoms with Crippen LogP contribution >= 0.6 is 11.8 Å². The van der Waals surface area contributed by atoms with E-state index >= 15 is 0 Å². The largest absolute Gasteiger partial charge is 0.466 e. The zero-order chi connectivity index (χ0) is 25.7. The fourth-order valence-corrected chi connectivity index (χ4v) is 9.00. The summed E-state index contributed by atoms with van der Waals surface area (Å²) >= 11 is 1.61. The fraction of sp³-hybridized carbons (Fsp3) is 0.593. The number of nitrogens with zero attached hydrogens (tertiary/aromatic N) is 2. The molecule has 0 saturated carbocycles. The Hall–Kier alpha value is -2.32. The number of aliphatic hydroxyl groups is 1. The topological polar surface area (TPSA) is 87.2 Å². The number of aliphatic hydroxyl groups excluding tert-OH is 1. The zero-order valence-electron chi connectivity index (χ0n) is 21.2. The van der Waals surface area contributed by atoms with E-state index < -0.39 is 28.7 Å². The molecule has 3 fully saturated rings. The minimum absolute atomic E-state index is 0.0468. The van der Waals surface area contributed by atoms with Crippen LogP contribution in [0.15, 0.2) is 30.9 Å².